The van der Waals surface area contributed by atoms with E-state index in [4.69, 9.17) is 0 Å². The first-order valence-corrected chi connectivity index (χ1v) is 14.4. The maximum Gasteiger partial charge on any atom is 0.258 e. The molecule has 9 heteroatoms. The van der Waals surface area contributed by atoms with Crippen LogP contribution in [0.4, 0.5) is 4.39 Å². The first kappa shape index (κ1) is 27.8. The van der Waals surface area contributed by atoms with Crippen molar-refractivity contribution in [2.75, 3.05) is 13.1 Å². The van der Waals surface area contributed by atoms with Crippen molar-refractivity contribution in [2.45, 2.75) is 57.4 Å². The Morgan fingerprint density at radius 1 is 0.905 bits per heavy atom. The highest BCUT2D eigenvalue weighted by Crippen LogP contribution is 2.34. The lowest BCUT2D eigenvalue weighted by atomic mass is 9.94. The van der Waals surface area contributed by atoms with Gasteiger partial charge in [0.25, 0.3) is 11.8 Å². The number of carbonyl (C=O) groups is 4. The van der Waals surface area contributed by atoms with Gasteiger partial charge in [0.2, 0.25) is 11.8 Å². The van der Waals surface area contributed by atoms with Gasteiger partial charge in [-0.3, -0.25) is 29.4 Å². The molecule has 0 aromatic heterocycles. The van der Waals surface area contributed by atoms with Crippen LogP contribution in [0, 0.1) is 5.82 Å². The molecular formula is C33H33FN4O4. The SMILES string of the molecule is CC1CN(C(c2ccccc2)c2ccccc2)CC(C)N1C(=O)c1cc(F)c2c(c1)CN(C1CCC(=O)NC1=O)C2=O. The summed E-state index contributed by atoms with van der Waals surface area (Å²) in [5.74, 6) is -2.61. The molecule has 42 heavy (non-hydrogen) atoms. The van der Waals surface area contributed by atoms with Gasteiger partial charge >= 0.3 is 0 Å². The molecule has 216 valence electrons. The van der Waals surface area contributed by atoms with Crippen LogP contribution in [-0.2, 0) is 16.1 Å². The number of nitrogens with one attached hydrogen (secondary N) is 1. The smallest absolute Gasteiger partial charge is 0.258 e. The molecule has 4 amide bonds. The van der Waals surface area contributed by atoms with Crippen LogP contribution in [0.15, 0.2) is 72.8 Å². The average molecular weight is 569 g/mol. The topological polar surface area (TPSA) is 90.0 Å². The summed E-state index contributed by atoms with van der Waals surface area (Å²) in [5, 5.41) is 2.25. The summed E-state index contributed by atoms with van der Waals surface area (Å²) in [6.07, 6.45) is 0.296. The third kappa shape index (κ3) is 4.98. The molecule has 0 bridgehead atoms. The zero-order valence-corrected chi connectivity index (χ0v) is 23.6. The molecule has 1 N–H and O–H groups in total. The second-order valence-corrected chi connectivity index (χ2v) is 11.5. The molecule has 0 radical (unpaired) electrons. The van der Waals surface area contributed by atoms with Crippen molar-refractivity contribution < 1.29 is 23.6 Å². The molecule has 3 atom stereocenters. The van der Waals surface area contributed by atoms with Gasteiger partial charge in [0, 0.05) is 43.7 Å². The van der Waals surface area contributed by atoms with Crippen LogP contribution in [0.1, 0.15) is 70.1 Å². The minimum absolute atomic E-state index is 0.00714. The summed E-state index contributed by atoms with van der Waals surface area (Å²) in [6.45, 7) is 5.27. The molecule has 3 aliphatic rings. The zero-order chi connectivity index (χ0) is 29.5. The van der Waals surface area contributed by atoms with Gasteiger partial charge in [-0.1, -0.05) is 60.7 Å². The summed E-state index contributed by atoms with van der Waals surface area (Å²) >= 11 is 0. The van der Waals surface area contributed by atoms with Gasteiger partial charge in [0.15, 0.2) is 0 Å². The minimum Gasteiger partial charge on any atom is -0.331 e. The molecule has 3 aromatic carbocycles. The number of piperazine rings is 1. The van der Waals surface area contributed by atoms with Crippen LogP contribution in [0.2, 0.25) is 0 Å². The van der Waals surface area contributed by atoms with E-state index in [2.05, 4.69) is 34.5 Å². The number of carbonyl (C=O) groups excluding carboxylic acids is 4. The standard InChI is InChI=1S/C33H33FN4O4/c1-20-17-36(30(22-9-5-3-6-10-22)23-11-7-4-8-12-23)18-21(2)38(20)32(41)24-15-25-19-37(33(42)29(25)26(34)16-24)27-13-14-28(39)35-31(27)40/h3-12,15-16,20-21,27,30H,13-14,17-19H2,1-2H3,(H,35,39,40). The Balaban J connectivity index is 1.23. The van der Waals surface area contributed by atoms with Crippen molar-refractivity contribution in [3.63, 3.8) is 0 Å². The lowest BCUT2D eigenvalue weighted by molar-refractivity contribution is -0.136. The van der Waals surface area contributed by atoms with Crippen molar-refractivity contribution in [3.05, 3.63) is 106 Å². The molecule has 3 aromatic rings. The van der Waals surface area contributed by atoms with Gasteiger partial charge in [-0.25, -0.2) is 4.39 Å². The number of nitrogens with zero attached hydrogens (tertiary/aromatic N) is 3. The normalized spacial score (nSPS) is 22.9. The monoisotopic (exact) mass is 568 g/mol. The average Bonchev–Trinajstić information content (AvgIpc) is 3.30. The van der Waals surface area contributed by atoms with E-state index in [1.165, 1.54) is 16.0 Å². The van der Waals surface area contributed by atoms with Gasteiger partial charge in [-0.15, -0.1) is 0 Å². The minimum atomic E-state index is -0.851. The second kappa shape index (κ2) is 11.1. The quantitative estimate of drug-likeness (QED) is 0.472. The third-order valence-electron chi connectivity index (χ3n) is 8.60. The van der Waals surface area contributed by atoms with Gasteiger partial charge in [0.05, 0.1) is 11.6 Å². The van der Waals surface area contributed by atoms with Gasteiger partial charge in [-0.2, -0.15) is 0 Å². The van der Waals surface area contributed by atoms with Crippen LogP contribution in [0.3, 0.4) is 0 Å². The molecule has 2 saturated heterocycles. The predicted octanol–water partition coefficient (Wildman–Crippen LogP) is 3.91. The second-order valence-electron chi connectivity index (χ2n) is 11.5. The Bertz CT molecular complexity index is 1490. The maximum absolute atomic E-state index is 15.4. The first-order valence-electron chi connectivity index (χ1n) is 14.4. The number of hydrogen-bond acceptors (Lipinski definition) is 5. The molecular weight excluding hydrogens is 535 g/mol. The van der Waals surface area contributed by atoms with Crippen molar-refractivity contribution in [1.29, 1.82) is 0 Å². The highest BCUT2D eigenvalue weighted by molar-refractivity contribution is 6.06. The Kier molecular flexibility index (Phi) is 7.36. The van der Waals surface area contributed by atoms with E-state index < -0.39 is 23.7 Å². The fourth-order valence-electron chi connectivity index (χ4n) is 6.79. The van der Waals surface area contributed by atoms with Crippen molar-refractivity contribution in [2.24, 2.45) is 0 Å². The zero-order valence-electron chi connectivity index (χ0n) is 23.6. The summed E-state index contributed by atoms with van der Waals surface area (Å²) < 4.78 is 15.4. The summed E-state index contributed by atoms with van der Waals surface area (Å²) in [5.41, 5.74) is 2.79. The Labute approximate surface area is 244 Å². The molecule has 0 aliphatic carbocycles. The number of piperidine rings is 1. The Morgan fingerprint density at radius 2 is 1.50 bits per heavy atom. The summed E-state index contributed by atoms with van der Waals surface area (Å²) in [4.78, 5) is 56.4. The number of imide groups is 1. The highest BCUT2D eigenvalue weighted by atomic mass is 19.1. The van der Waals surface area contributed by atoms with Crippen LogP contribution in [0.25, 0.3) is 0 Å². The number of benzene rings is 3. The molecule has 2 fully saturated rings. The van der Waals surface area contributed by atoms with E-state index in [9.17, 15) is 19.2 Å². The van der Waals surface area contributed by atoms with Crippen molar-refractivity contribution in [1.82, 2.24) is 20.0 Å². The van der Waals surface area contributed by atoms with Crippen LogP contribution < -0.4 is 5.32 Å². The van der Waals surface area contributed by atoms with Crippen LogP contribution in [-0.4, -0.2) is 69.5 Å². The number of halogens is 1. The molecule has 6 rings (SSSR count). The van der Waals surface area contributed by atoms with E-state index >= 15 is 4.39 Å². The number of hydrogen-bond donors (Lipinski definition) is 1. The van der Waals surface area contributed by atoms with E-state index in [0.717, 1.165) is 6.07 Å². The first-order chi connectivity index (χ1) is 20.2. The number of amides is 4. The van der Waals surface area contributed by atoms with E-state index in [1.54, 1.807) is 11.0 Å². The van der Waals surface area contributed by atoms with Crippen LogP contribution in [0.5, 0.6) is 0 Å². The fourth-order valence-corrected chi connectivity index (χ4v) is 6.79. The molecule has 3 heterocycles. The highest BCUT2D eigenvalue weighted by Gasteiger charge is 2.42. The summed E-state index contributed by atoms with van der Waals surface area (Å²) in [6, 6.07) is 22.2. The number of fused-ring (bicyclic) bond motifs is 1. The predicted molar refractivity (Wildman–Crippen MR) is 154 cm³/mol. The number of rotatable bonds is 5. The van der Waals surface area contributed by atoms with Crippen molar-refractivity contribution in [3.8, 4) is 0 Å². The summed E-state index contributed by atoms with van der Waals surface area (Å²) in [7, 11) is 0. The molecule has 3 unspecified atom stereocenters. The third-order valence-corrected chi connectivity index (χ3v) is 8.60. The van der Waals surface area contributed by atoms with Gasteiger partial charge in [0.1, 0.15) is 11.9 Å². The fraction of sp³-hybridized carbons (Fsp3) is 0.333. The Morgan fingerprint density at radius 3 is 2.07 bits per heavy atom. The van der Waals surface area contributed by atoms with E-state index in [0.29, 0.717) is 18.7 Å². The lowest BCUT2D eigenvalue weighted by Gasteiger charge is -2.47. The molecule has 8 nitrogen and oxygen atoms in total. The molecule has 3 aliphatic heterocycles. The Hall–Kier alpha value is -4.37. The molecule has 0 saturated carbocycles. The largest absolute Gasteiger partial charge is 0.331 e. The molecule has 0 spiro atoms. The van der Waals surface area contributed by atoms with E-state index in [1.807, 2.05) is 50.2 Å². The van der Waals surface area contributed by atoms with Gasteiger partial charge < -0.3 is 9.80 Å². The maximum atomic E-state index is 15.4. The van der Waals surface area contributed by atoms with Crippen molar-refractivity contribution >= 4 is 23.6 Å². The lowest BCUT2D eigenvalue weighted by Crippen LogP contribution is -2.59. The van der Waals surface area contributed by atoms with Crippen LogP contribution >= 0.6 is 0 Å². The van der Waals surface area contributed by atoms with E-state index in [-0.39, 0.29) is 60.5 Å². The van der Waals surface area contributed by atoms with Gasteiger partial charge in [-0.05, 0) is 49.1 Å².